The summed E-state index contributed by atoms with van der Waals surface area (Å²) in [6, 6.07) is 3.20. The molecule has 1 fully saturated rings. The molecule has 2 rings (SSSR count). The molecule has 0 spiro atoms. The van der Waals surface area contributed by atoms with Crippen molar-refractivity contribution in [2.75, 3.05) is 24.5 Å². The molecule has 1 unspecified atom stereocenters. The molecule has 1 aromatic carbocycles. The zero-order valence-corrected chi connectivity index (χ0v) is 14.8. The number of hydrogen-bond acceptors (Lipinski definition) is 2. The molecule has 0 aromatic heterocycles. The number of benzene rings is 1. The van der Waals surface area contributed by atoms with Crippen molar-refractivity contribution in [2.24, 2.45) is 5.92 Å². The summed E-state index contributed by atoms with van der Waals surface area (Å²) in [6.45, 7) is 4.16. The van der Waals surface area contributed by atoms with E-state index in [4.69, 9.17) is 11.6 Å². The van der Waals surface area contributed by atoms with Crippen LogP contribution in [0.4, 0.5) is 18.9 Å². The maximum Gasteiger partial charge on any atom is 0.417 e. The van der Waals surface area contributed by atoms with Gasteiger partial charge in [0.15, 0.2) is 0 Å². The van der Waals surface area contributed by atoms with Crippen LogP contribution in [-0.4, -0.2) is 36.3 Å². The summed E-state index contributed by atoms with van der Waals surface area (Å²) in [5, 5.41) is -0.448. The highest BCUT2D eigenvalue weighted by molar-refractivity contribution is 6.31. The van der Waals surface area contributed by atoms with Gasteiger partial charge in [-0.1, -0.05) is 18.5 Å². The summed E-state index contributed by atoms with van der Waals surface area (Å²) >= 11 is 5.61. The van der Waals surface area contributed by atoms with E-state index in [1.807, 2.05) is 6.92 Å². The lowest BCUT2D eigenvalue weighted by atomic mass is 10.0. The van der Waals surface area contributed by atoms with Gasteiger partial charge in [0, 0.05) is 25.7 Å². The van der Waals surface area contributed by atoms with E-state index in [1.165, 1.54) is 13.0 Å². The highest BCUT2D eigenvalue weighted by Crippen LogP contribution is 2.37. The van der Waals surface area contributed by atoms with E-state index < -0.39 is 22.7 Å². The van der Waals surface area contributed by atoms with Crippen LogP contribution < -0.4 is 4.90 Å². The largest absolute Gasteiger partial charge is 0.417 e. The lowest BCUT2D eigenvalue weighted by Crippen LogP contribution is -2.46. The number of amides is 2. The van der Waals surface area contributed by atoms with Gasteiger partial charge in [-0.15, -0.1) is 0 Å². The van der Waals surface area contributed by atoms with Crippen LogP contribution in [-0.2, 0) is 15.8 Å². The second-order valence-electron chi connectivity index (χ2n) is 6.35. The predicted molar refractivity (Wildman–Crippen MR) is 89.5 cm³/mol. The fraction of sp³-hybridized carbons (Fsp3) is 0.529. The zero-order valence-electron chi connectivity index (χ0n) is 14.1. The Hall–Kier alpha value is -1.76. The van der Waals surface area contributed by atoms with E-state index in [0.717, 1.165) is 29.9 Å². The second kappa shape index (κ2) is 7.64. The number of carbonyl (C=O) groups is 2. The number of alkyl halides is 3. The molecule has 1 aromatic rings. The first kappa shape index (κ1) is 19.6. The molecule has 0 aliphatic carbocycles. The summed E-state index contributed by atoms with van der Waals surface area (Å²) in [7, 11) is 0. The van der Waals surface area contributed by atoms with Crippen LogP contribution in [0.3, 0.4) is 0 Å². The molecule has 4 nitrogen and oxygen atoms in total. The monoisotopic (exact) mass is 376 g/mol. The van der Waals surface area contributed by atoms with Crippen molar-refractivity contribution in [1.82, 2.24) is 4.90 Å². The van der Waals surface area contributed by atoms with E-state index in [1.54, 1.807) is 4.90 Å². The van der Waals surface area contributed by atoms with Gasteiger partial charge in [-0.2, -0.15) is 13.2 Å². The Kier molecular flexibility index (Phi) is 5.98. The minimum Gasteiger partial charge on any atom is -0.341 e. The third kappa shape index (κ3) is 4.87. The number of rotatable bonds is 3. The standard InChI is InChI=1S/C17H20ClF3N2O2/c1-11-4-3-7-22(9-11)16(25)10-23(12(2)24)13-5-6-15(18)14(8-13)17(19,20)21/h5-6,8,11H,3-4,7,9-10H2,1-2H3. The Morgan fingerprint density at radius 2 is 2.04 bits per heavy atom. The fourth-order valence-electron chi connectivity index (χ4n) is 2.93. The number of carbonyl (C=O) groups excluding carboxylic acids is 2. The summed E-state index contributed by atoms with van der Waals surface area (Å²) in [5.74, 6) is -0.407. The number of likely N-dealkylation sites (tertiary alicyclic amines) is 1. The van der Waals surface area contributed by atoms with Crippen molar-refractivity contribution in [3.05, 3.63) is 28.8 Å². The summed E-state index contributed by atoms with van der Waals surface area (Å²) in [4.78, 5) is 27.1. The van der Waals surface area contributed by atoms with Crippen LogP contribution in [0.25, 0.3) is 0 Å². The van der Waals surface area contributed by atoms with Crippen LogP contribution in [0.15, 0.2) is 18.2 Å². The minimum absolute atomic E-state index is 0.00244. The zero-order chi connectivity index (χ0) is 18.8. The van der Waals surface area contributed by atoms with E-state index in [0.29, 0.717) is 19.0 Å². The van der Waals surface area contributed by atoms with Gasteiger partial charge >= 0.3 is 6.18 Å². The topological polar surface area (TPSA) is 40.6 Å². The van der Waals surface area contributed by atoms with Crippen LogP contribution in [0.5, 0.6) is 0 Å². The van der Waals surface area contributed by atoms with Gasteiger partial charge in [0.1, 0.15) is 6.54 Å². The molecule has 1 aliphatic heterocycles. The maximum absolute atomic E-state index is 13.0. The first-order valence-corrected chi connectivity index (χ1v) is 8.40. The van der Waals surface area contributed by atoms with E-state index in [9.17, 15) is 22.8 Å². The molecule has 1 heterocycles. The van der Waals surface area contributed by atoms with Crippen LogP contribution in [0, 0.1) is 5.92 Å². The normalized spacial score (nSPS) is 18.2. The molecule has 0 saturated carbocycles. The van der Waals surface area contributed by atoms with Crippen LogP contribution >= 0.6 is 11.6 Å². The number of piperidine rings is 1. The third-order valence-corrected chi connectivity index (χ3v) is 4.58. The molecule has 1 aliphatic rings. The lowest BCUT2D eigenvalue weighted by Gasteiger charge is -2.33. The molecule has 8 heteroatoms. The van der Waals surface area contributed by atoms with E-state index in [-0.39, 0.29) is 18.1 Å². The minimum atomic E-state index is -4.64. The second-order valence-corrected chi connectivity index (χ2v) is 6.76. The van der Waals surface area contributed by atoms with Crippen LogP contribution in [0.2, 0.25) is 5.02 Å². The van der Waals surface area contributed by atoms with Crippen molar-refractivity contribution in [3.63, 3.8) is 0 Å². The third-order valence-electron chi connectivity index (χ3n) is 4.25. The highest BCUT2D eigenvalue weighted by atomic mass is 35.5. The Morgan fingerprint density at radius 1 is 1.36 bits per heavy atom. The van der Waals surface area contributed by atoms with E-state index in [2.05, 4.69) is 0 Å². The fourth-order valence-corrected chi connectivity index (χ4v) is 3.16. The van der Waals surface area contributed by atoms with Crippen molar-refractivity contribution in [3.8, 4) is 0 Å². The Morgan fingerprint density at radius 3 is 2.60 bits per heavy atom. The highest BCUT2D eigenvalue weighted by Gasteiger charge is 2.34. The molecule has 0 radical (unpaired) electrons. The van der Waals surface area contributed by atoms with Crippen molar-refractivity contribution in [2.45, 2.75) is 32.9 Å². The molecule has 25 heavy (non-hydrogen) atoms. The predicted octanol–water partition coefficient (Wildman–Crippen LogP) is 3.97. The molecule has 1 atom stereocenters. The maximum atomic E-state index is 13.0. The first-order valence-electron chi connectivity index (χ1n) is 8.02. The van der Waals surface area contributed by atoms with Gasteiger partial charge in [-0.25, -0.2) is 0 Å². The van der Waals surface area contributed by atoms with Crippen LogP contribution in [0.1, 0.15) is 32.3 Å². The summed E-state index contributed by atoms with van der Waals surface area (Å²) in [6.07, 6.45) is -2.72. The van der Waals surface area contributed by atoms with Gasteiger partial charge in [0.25, 0.3) is 0 Å². The van der Waals surface area contributed by atoms with Crippen molar-refractivity contribution < 1.29 is 22.8 Å². The molecule has 2 amide bonds. The van der Waals surface area contributed by atoms with Crippen molar-refractivity contribution in [1.29, 1.82) is 0 Å². The van der Waals surface area contributed by atoms with E-state index >= 15 is 0 Å². The van der Waals surface area contributed by atoms with Gasteiger partial charge in [-0.3, -0.25) is 9.59 Å². The molecule has 138 valence electrons. The van der Waals surface area contributed by atoms with Gasteiger partial charge < -0.3 is 9.80 Å². The number of anilines is 1. The van der Waals surface area contributed by atoms with Gasteiger partial charge in [0.2, 0.25) is 11.8 Å². The molecular weight excluding hydrogens is 357 g/mol. The number of nitrogens with zero attached hydrogens (tertiary/aromatic N) is 2. The first-order chi connectivity index (χ1) is 11.6. The Bertz CT molecular complexity index is 664. The Labute approximate surface area is 149 Å². The number of hydrogen-bond donors (Lipinski definition) is 0. The quantitative estimate of drug-likeness (QED) is 0.800. The van der Waals surface area contributed by atoms with Gasteiger partial charge in [-0.05, 0) is 37.0 Å². The smallest absolute Gasteiger partial charge is 0.341 e. The molecular formula is C17H20ClF3N2O2. The molecule has 0 bridgehead atoms. The average Bonchev–Trinajstić information content (AvgIpc) is 2.51. The number of halogens is 4. The lowest BCUT2D eigenvalue weighted by molar-refractivity contribution is -0.137. The Balaban J connectivity index is 2.24. The SMILES string of the molecule is CC(=O)N(CC(=O)N1CCCC(C)C1)c1ccc(Cl)c(C(F)(F)F)c1. The average molecular weight is 377 g/mol. The van der Waals surface area contributed by atoms with Crippen molar-refractivity contribution >= 4 is 29.1 Å². The van der Waals surface area contributed by atoms with Gasteiger partial charge in [0.05, 0.1) is 10.6 Å². The summed E-state index contributed by atoms with van der Waals surface area (Å²) in [5.41, 5.74) is -1.03. The molecule has 1 saturated heterocycles. The summed E-state index contributed by atoms with van der Waals surface area (Å²) < 4.78 is 39.1. The molecule has 0 N–H and O–H groups in total.